The fourth-order valence-corrected chi connectivity index (χ4v) is 4.51. The predicted molar refractivity (Wildman–Crippen MR) is 133 cm³/mol. The molecule has 1 aliphatic heterocycles. The number of amides is 3. The lowest BCUT2D eigenvalue weighted by Gasteiger charge is -2.24. The van der Waals surface area contributed by atoms with Gasteiger partial charge in [-0.05, 0) is 37.8 Å². The first-order valence-corrected chi connectivity index (χ1v) is 11.9. The van der Waals surface area contributed by atoms with E-state index in [9.17, 15) is 9.59 Å². The van der Waals surface area contributed by atoms with Crippen LogP contribution in [0.25, 0.3) is 11.4 Å². The number of methoxy groups -OCH3 is 1. The minimum atomic E-state index is -0.408. The average Bonchev–Trinajstić information content (AvgIpc) is 3.54. The molecule has 3 aromatic rings. The Kier molecular flexibility index (Phi) is 6.17. The van der Waals surface area contributed by atoms with E-state index in [-0.39, 0.29) is 17.8 Å². The highest BCUT2D eigenvalue weighted by atomic mass is 16.5. The standard InChI is InChI=1S/C24H29N9O3/c1-14(15-8-9-15)32-10-11-33(24(32)35)19-12-18(20(29-28-19)23(34)25-2)27-17-7-5-6-16(21(17)36-4)22-26-13-31(3)30-22/h5-7,12-15H,8-11H2,1-4H3,(H,25,34)(H,27,28). The summed E-state index contributed by atoms with van der Waals surface area (Å²) < 4.78 is 7.30. The van der Waals surface area contributed by atoms with Crippen molar-refractivity contribution in [2.24, 2.45) is 13.0 Å². The number of anilines is 3. The third-order valence-electron chi connectivity index (χ3n) is 6.67. The summed E-state index contributed by atoms with van der Waals surface area (Å²) in [5.41, 5.74) is 1.76. The van der Waals surface area contributed by atoms with E-state index in [2.05, 4.69) is 37.8 Å². The maximum absolute atomic E-state index is 13.2. The summed E-state index contributed by atoms with van der Waals surface area (Å²) in [6.45, 7) is 3.24. The smallest absolute Gasteiger partial charge is 0.326 e. The van der Waals surface area contributed by atoms with Gasteiger partial charge in [0.05, 0.1) is 24.0 Å². The molecule has 2 fully saturated rings. The molecule has 3 heterocycles. The van der Waals surface area contributed by atoms with Crippen LogP contribution >= 0.6 is 0 Å². The number of urea groups is 1. The third-order valence-corrected chi connectivity index (χ3v) is 6.67. The predicted octanol–water partition coefficient (Wildman–Crippen LogP) is 2.42. The van der Waals surface area contributed by atoms with E-state index in [4.69, 9.17) is 4.74 Å². The van der Waals surface area contributed by atoms with Gasteiger partial charge in [0.2, 0.25) is 0 Å². The van der Waals surface area contributed by atoms with Gasteiger partial charge in [0.1, 0.15) is 6.33 Å². The summed E-state index contributed by atoms with van der Waals surface area (Å²) >= 11 is 0. The summed E-state index contributed by atoms with van der Waals surface area (Å²) in [5.74, 6) is 1.55. The van der Waals surface area contributed by atoms with E-state index in [1.807, 2.05) is 23.1 Å². The van der Waals surface area contributed by atoms with Crippen LogP contribution in [0.4, 0.5) is 22.0 Å². The van der Waals surface area contributed by atoms with Crippen LogP contribution < -0.4 is 20.3 Å². The van der Waals surface area contributed by atoms with Gasteiger partial charge in [-0.25, -0.2) is 9.78 Å². The Labute approximate surface area is 208 Å². The van der Waals surface area contributed by atoms with Crippen LogP contribution in [0, 0.1) is 5.92 Å². The lowest BCUT2D eigenvalue weighted by atomic mass is 10.1. The van der Waals surface area contributed by atoms with E-state index in [0.717, 1.165) is 12.8 Å². The number of carbonyl (C=O) groups excluding carboxylic acids is 2. The molecule has 12 heteroatoms. The monoisotopic (exact) mass is 491 g/mol. The van der Waals surface area contributed by atoms with Gasteiger partial charge in [0.15, 0.2) is 23.1 Å². The van der Waals surface area contributed by atoms with E-state index in [0.29, 0.717) is 53.3 Å². The summed E-state index contributed by atoms with van der Waals surface area (Å²) in [5, 5.41) is 18.6. The molecule has 1 saturated carbocycles. The van der Waals surface area contributed by atoms with Crippen LogP contribution in [0.3, 0.4) is 0 Å². The number of aromatic nitrogens is 5. The molecular formula is C24H29N9O3. The summed E-state index contributed by atoms with van der Waals surface area (Å²) in [6, 6.07) is 7.29. The van der Waals surface area contributed by atoms with Gasteiger partial charge in [-0.1, -0.05) is 6.07 Å². The second-order valence-corrected chi connectivity index (χ2v) is 9.00. The van der Waals surface area contributed by atoms with Gasteiger partial charge in [-0.15, -0.1) is 10.2 Å². The van der Waals surface area contributed by atoms with Crippen LogP contribution in [-0.2, 0) is 7.05 Å². The molecule has 3 amide bonds. The fourth-order valence-electron chi connectivity index (χ4n) is 4.51. The molecular weight excluding hydrogens is 462 g/mol. The number of nitrogens with zero attached hydrogens (tertiary/aromatic N) is 7. The maximum Gasteiger partial charge on any atom is 0.326 e. The largest absolute Gasteiger partial charge is 0.494 e. The molecule has 1 saturated heterocycles. The zero-order valence-electron chi connectivity index (χ0n) is 20.7. The molecule has 0 bridgehead atoms. The minimum Gasteiger partial charge on any atom is -0.494 e. The highest BCUT2D eigenvalue weighted by Crippen LogP contribution is 2.38. The number of carbonyl (C=O) groups is 2. The van der Waals surface area contributed by atoms with Crippen molar-refractivity contribution in [3.8, 4) is 17.1 Å². The van der Waals surface area contributed by atoms with Crippen LogP contribution in [0.1, 0.15) is 30.3 Å². The topological polar surface area (TPSA) is 130 Å². The summed E-state index contributed by atoms with van der Waals surface area (Å²) in [6.07, 6.45) is 3.93. The fraction of sp³-hybridized carbons (Fsp3) is 0.417. The number of aryl methyl sites for hydroxylation is 1. The first-order chi connectivity index (χ1) is 17.4. The van der Waals surface area contributed by atoms with Crippen molar-refractivity contribution >= 4 is 29.1 Å². The Bertz CT molecular complexity index is 1300. The lowest BCUT2D eigenvalue weighted by molar-refractivity contribution is 0.0958. The molecule has 12 nitrogen and oxygen atoms in total. The van der Waals surface area contributed by atoms with Crippen LogP contribution in [-0.4, -0.2) is 75.1 Å². The van der Waals surface area contributed by atoms with Crippen molar-refractivity contribution in [3.05, 3.63) is 36.3 Å². The Morgan fingerprint density at radius 2 is 2.00 bits per heavy atom. The highest BCUT2D eigenvalue weighted by Gasteiger charge is 2.40. The van der Waals surface area contributed by atoms with E-state index in [1.54, 1.807) is 36.1 Å². The minimum absolute atomic E-state index is 0.0943. The normalized spacial score (nSPS) is 16.3. The molecule has 36 heavy (non-hydrogen) atoms. The quantitative estimate of drug-likeness (QED) is 0.491. The van der Waals surface area contributed by atoms with Crippen molar-refractivity contribution in [3.63, 3.8) is 0 Å². The molecule has 2 aliphatic rings. The van der Waals surface area contributed by atoms with Crippen molar-refractivity contribution in [1.29, 1.82) is 0 Å². The molecule has 1 atom stereocenters. The zero-order valence-corrected chi connectivity index (χ0v) is 20.7. The first kappa shape index (κ1) is 23.5. The molecule has 2 N–H and O–H groups in total. The van der Waals surface area contributed by atoms with Crippen LogP contribution in [0.2, 0.25) is 0 Å². The molecule has 2 aromatic heterocycles. The molecule has 1 unspecified atom stereocenters. The Balaban J connectivity index is 1.49. The van der Waals surface area contributed by atoms with E-state index < -0.39 is 5.91 Å². The molecule has 188 valence electrons. The second-order valence-electron chi connectivity index (χ2n) is 9.00. The van der Waals surface area contributed by atoms with Gasteiger partial charge in [0, 0.05) is 39.3 Å². The van der Waals surface area contributed by atoms with E-state index >= 15 is 0 Å². The third kappa shape index (κ3) is 4.30. The SMILES string of the molecule is CNC(=O)c1nnc(N2CCN(C(C)C3CC3)C2=O)cc1Nc1cccc(-c2ncn(C)n2)c1OC. The number of ether oxygens (including phenoxy) is 1. The van der Waals surface area contributed by atoms with Crippen LogP contribution in [0.5, 0.6) is 5.75 Å². The Morgan fingerprint density at radius 1 is 1.19 bits per heavy atom. The number of nitrogens with one attached hydrogen (secondary N) is 2. The molecule has 5 rings (SSSR count). The number of para-hydroxylation sites is 1. The van der Waals surface area contributed by atoms with Crippen LogP contribution in [0.15, 0.2) is 30.6 Å². The number of benzene rings is 1. The number of rotatable bonds is 8. The summed E-state index contributed by atoms with van der Waals surface area (Å²) in [7, 11) is 4.87. The maximum atomic E-state index is 13.2. The number of hydrogen-bond acceptors (Lipinski definition) is 8. The second kappa shape index (κ2) is 9.44. The number of hydrogen-bond donors (Lipinski definition) is 2. The first-order valence-electron chi connectivity index (χ1n) is 11.9. The molecule has 0 spiro atoms. The van der Waals surface area contributed by atoms with Gasteiger partial charge in [0.25, 0.3) is 5.91 Å². The van der Waals surface area contributed by atoms with Crippen molar-refractivity contribution in [2.45, 2.75) is 25.8 Å². The highest BCUT2D eigenvalue weighted by molar-refractivity contribution is 6.00. The van der Waals surface area contributed by atoms with Gasteiger partial charge >= 0.3 is 6.03 Å². The van der Waals surface area contributed by atoms with Gasteiger partial charge < -0.3 is 20.3 Å². The van der Waals surface area contributed by atoms with Crippen molar-refractivity contribution in [2.75, 3.05) is 37.5 Å². The average molecular weight is 492 g/mol. The summed E-state index contributed by atoms with van der Waals surface area (Å²) in [4.78, 5) is 33.6. The van der Waals surface area contributed by atoms with Crippen molar-refractivity contribution in [1.82, 2.24) is 35.2 Å². The molecule has 1 aromatic carbocycles. The Hall–Kier alpha value is -4.22. The van der Waals surface area contributed by atoms with Gasteiger partial charge in [-0.3, -0.25) is 14.4 Å². The Morgan fingerprint density at radius 3 is 2.67 bits per heavy atom. The molecule has 1 aliphatic carbocycles. The van der Waals surface area contributed by atoms with Crippen molar-refractivity contribution < 1.29 is 14.3 Å². The zero-order chi connectivity index (χ0) is 25.4. The molecule has 0 radical (unpaired) electrons. The lowest BCUT2D eigenvalue weighted by Crippen LogP contribution is -2.39. The van der Waals surface area contributed by atoms with Gasteiger partial charge in [-0.2, -0.15) is 5.10 Å². The van der Waals surface area contributed by atoms with E-state index in [1.165, 1.54) is 7.05 Å².